The van der Waals surface area contributed by atoms with Gasteiger partial charge in [-0.25, -0.2) is 4.79 Å². The van der Waals surface area contributed by atoms with Gasteiger partial charge in [0, 0.05) is 45.7 Å². The Morgan fingerprint density at radius 1 is 0.848 bits per heavy atom. The van der Waals surface area contributed by atoms with E-state index in [1.165, 1.54) is 0 Å². The number of piperazine rings is 1. The summed E-state index contributed by atoms with van der Waals surface area (Å²) in [6.45, 7) is 2.65. The Hall–Kier alpha value is -3.75. The minimum atomic E-state index is -0.680. The number of ether oxygens (including phenoxy) is 2. The van der Waals surface area contributed by atoms with Crippen molar-refractivity contribution in [3.05, 3.63) is 60.2 Å². The van der Waals surface area contributed by atoms with E-state index in [0.717, 1.165) is 5.56 Å². The monoisotopic (exact) mass is 452 g/mol. The molecular formula is C24H28N4O5. The molecule has 0 saturated carbocycles. The van der Waals surface area contributed by atoms with Crippen molar-refractivity contribution < 1.29 is 23.9 Å². The van der Waals surface area contributed by atoms with Crippen LogP contribution in [0, 0.1) is 0 Å². The molecule has 2 aliphatic rings. The molecular weight excluding hydrogens is 424 g/mol. The minimum Gasteiger partial charge on any atom is -0.485 e. The summed E-state index contributed by atoms with van der Waals surface area (Å²) in [5.41, 5.74) is 1.01. The van der Waals surface area contributed by atoms with Gasteiger partial charge in [-0.1, -0.05) is 42.5 Å². The van der Waals surface area contributed by atoms with Crippen LogP contribution >= 0.6 is 0 Å². The van der Waals surface area contributed by atoms with Crippen LogP contribution in [0.25, 0.3) is 0 Å². The van der Waals surface area contributed by atoms with E-state index in [9.17, 15) is 14.4 Å². The predicted octanol–water partition coefficient (Wildman–Crippen LogP) is 1.39. The van der Waals surface area contributed by atoms with Gasteiger partial charge in [-0.15, -0.1) is 0 Å². The van der Waals surface area contributed by atoms with Gasteiger partial charge in [0.15, 0.2) is 11.5 Å². The zero-order valence-electron chi connectivity index (χ0n) is 18.4. The van der Waals surface area contributed by atoms with E-state index in [4.69, 9.17) is 9.47 Å². The van der Waals surface area contributed by atoms with Crippen molar-refractivity contribution in [3.63, 3.8) is 0 Å². The van der Waals surface area contributed by atoms with Gasteiger partial charge in [0.25, 0.3) is 5.91 Å². The van der Waals surface area contributed by atoms with Gasteiger partial charge in [-0.05, 0) is 17.7 Å². The molecule has 33 heavy (non-hydrogen) atoms. The number of rotatable bonds is 6. The lowest BCUT2D eigenvalue weighted by Crippen LogP contribution is -2.55. The third-order valence-electron chi connectivity index (χ3n) is 5.65. The molecule has 4 amide bonds. The second kappa shape index (κ2) is 10.7. The molecule has 4 rings (SSSR count). The van der Waals surface area contributed by atoms with E-state index in [0.29, 0.717) is 44.2 Å². The number of hydrogen-bond donors (Lipinski definition) is 2. The SMILES string of the molecule is O=C(NCCC(=O)N1CCN(C(=O)C2COc3ccccc3O2)CC1)NCc1ccccc1. The third-order valence-corrected chi connectivity index (χ3v) is 5.65. The smallest absolute Gasteiger partial charge is 0.315 e. The van der Waals surface area contributed by atoms with Crippen LogP contribution in [0.15, 0.2) is 54.6 Å². The van der Waals surface area contributed by atoms with Crippen molar-refractivity contribution in [2.75, 3.05) is 39.3 Å². The van der Waals surface area contributed by atoms with Gasteiger partial charge in [0.05, 0.1) is 0 Å². The molecule has 2 heterocycles. The molecule has 1 fully saturated rings. The maximum atomic E-state index is 12.8. The first-order chi connectivity index (χ1) is 16.1. The summed E-state index contributed by atoms with van der Waals surface area (Å²) in [7, 11) is 0. The maximum Gasteiger partial charge on any atom is 0.315 e. The Morgan fingerprint density at radius 2 is 1.52 bits per heavy atom. The standard InChI is InChI=1S/C24H28N4O5/c29-22(10-11-25-24(31)26-16-18-6-2-1-3-7-18)27-12-14-28(15-13-27)23(30)21-17-32-19-8-4-5-9-20(19)33-21/h1-9,21H,10-17H2,(H2,25,26,31). The topological polar surface area (TPSA) is 100 Å². The average molecular weight is 453 g/mol. The molecule has 2 aromatic rings. The van der Waals surface area contributed by atoms with Crippen LogP contribution in [-0.2, 0) is 16.1 Å². The fourth-order valence-corrected chi connectivity index (χ4v) is 3.80. The van der Waals surface area contributed by atoms with Crippen LogP contribution in [0.3, 0.4) is 0 Å². The van der Waals surface area contributed by atoms with Gasteiger partial charge in [0.1, 0.15) is 6.61 Å². The van der Waals surface area contributed by atoms with Crippen LogP contribution in [0.2, 0.25) is 0 Å². The highest BCUT2D eigenvalue weighted by molar-refractivity contribution is 5.83. The van der Waals surface area contributed by atoms with Gasteiger partial charge in [-0.2, -0.15) is 0 Å². The number of hydrogen-bond acceptors (Lipinski definition) is 5. The van der Waals surface area contributed by atoms with E-state index < -0.39 is 6.10 Å². The molecule has 1 unspecified atom stereocenters. The van der Waals surface area contributed by atoms with Crippen molar-refractivity contribution in [3.8, 4) is 11.5 Å². The van der Waals surface area contributed by atoms with Crippen molar-refractivity contribution in [2.24, 2.45) is 0 Å². The maximum absolute atomic E-state index is 12.8. The lowest BCUT2D eigenvalue weighted by molar-refractivity contribution is -0.146. The molecule has 0 spiro atoms. The van der Waals surface area contributed by atoms with E-state index in [1.807, 2.05) is 48.5 Å². The molecule has 0 bridgehead atoms. The van der Waals surface area contributed by atoms with Crippen LogP contribution in [0.1, 0.15) is 12.0 Å². The summed E-state index contributed by atoms with van der Waals surface area (Å²) in [4.78, 5) is 40.6. The number of amides is 4. The Balaban J connectivity index is 1.14. The number of urea groups is 1. The zero-order chi connectivity index (χ0) is 23.0. The summed E-state index contributed by atoms with van der Waals surface area (Å²) in [6, 6.07) is 16.6. The fourth-order valence-electron chi connectivity index (χ4n) is 3.80. The van der Waals surface area contributed by atoms with Crippen molar-refractivity contribution in [1.82, 2.24) is 20.4 Å². The molecule has 2 aliphatic heterocycles. The Morgan fingerprint density at radius 3 is 2.27 bits per heavy atom. The largest absolute Gasteiger partial charge is 0.485 e. The molecule has 9 nitrogen and oxygen atoms in total. The Bertz CT molecular complexity index is 976. The first-order valence-corrected chi connectivity index (χ1v) is 11.1. The van der Waals surface area contributed by atoms with Crippen molar-refractivity contribution in [2.45, 2.75) is 19.1 Å². The van der Waals surface area contributed by atoms with Crippen molar-refractivity contribution >= 4 is 17.8 Å². The van der Waals surface area contributed by atoms with Crippen LogP contribution in [0.4, 0.5) is 4.79 Å². The number of carbonyl (C=O) groups excluding carboxylic acids is 3. The minimum absolute atomic E-state index is 0.0448. The van der Waals surface area contributed by atoms with Crippen molar-refractivity contribution in [1.29, 1.82) is 0 Å². The number of nitrogens with one attached hydrogen (secondary N) is 2. The quantitative estimate of drug-likeness (QED) is 0.690. The zero-order valence-corrected chi connectivity index (χ0v) is 18.4. The molecule has 2 aromatic carbocycles. The number of para-hydroxylation sites is 2. The highest BCUT2D eigenvalue weighted by atomic mass is 16.6. The third kappa shape index (κ3) is 5.94. The number of benzene rings is 2. The predicted molar refractivity (Wildman–Crippen MR) is 121 cm³/mol. The summed E-state index contributed by atoms with van der Waals surface area (Å²) in [6.07, 6.45) is -0.468. The van der Waals surface area contributed by atoms with Crippen LogP contribution in [-0.4, -0.2) is 73.1 Å². The van der Waals surface area contributed by atoms with Gasteiger partial charge in [0.2, 0.25) is 12.0 Å². The van der Waals surface area contributed by atoms with Crippen LogP contribution < -0.4 is 20.1 Å². The lowest BCUT2D eigenvalue weighted by Gasteiger charge is -2.37. The molecule has 2 N–H and O–H groups in total. The van der Waals surface area contributed by atoms with Gasteiger partial charge in [-0.3, -0.25) is 9.59 Å². The molecule has 0 radical (unpaired) electrons. The van der Waals surface area contributed by atoms with Crippen LogP contribution in [0.5, 0.6) is 11.5 Å². The summed E-state index contributed by atoms with van der Waals surface area (Å²) < 4.78 is 11.4. The first-order valence-electron chi connectivity index (χ1n) is 11.1. The molecule has 174 valence electrons. The Labute approximate surface area is 192 Å². The summed E-state index contributed by atoms with van der Waals surface area (Å²) in [5.74, 6) is 1.03. The van der Waals surface area contributed by atoms with Gasteiger partial charge < -0.3 is 29.9 Å². The van der Waals surface area contributed by atoms with E-state index >= 15 is 0 Å². The van der Waals surface area contributed by atoms with E-state index in [1.54, 1.807) is 15.9 Å². The molecule has 0 aromatic heterocycles. The Kier molecular flexibility index (Phi) is 7.29. The number of carbonyl (C=O) groups is 3. The summed E-state index contributed by atoms with van der Waals surface area (Å²) >= 11 is 0. The second-order valence-corrected chi connectivity index (χ2v) is 7.92. The normalized spacial score (nSPS) is 17.3. The molecule has 0 aliphatic carbocycles. The molecule has 9 heteroatoms. The highest BCUT2D eigenvalue weighted by Gasteiger charge is 2.33. The number of fused-ring (bicyclic) bond motifs is 1. The molecule has 1 saturated heterocycles. The highest BCUT2D eigenvalue weighted by Crippen LogP contribution is 2.31. The lowest BCUT2D eigenvalue weighted by atomic mass is 10.2. The number of nitrogens with zero attached hydrogens (tertiary/aromatic N) is 2. The van der Waals surface area contributed by atoms with Gasteiger partial charge >= 0.3 is 6.03 Å². The summed E-state index contributed by atoms with van der Waals surface area (Å²) in [5, 5.41) is 5.48. The fraction of sp³-hybridized carbons (Fsp3) is 0.375. The average Bonchev–Trinajstić information content (AvgIpc) is 2.87. The molecule has 1 atom stereocenters. The van der Waals surface area contributed by atoms with E-state index in [2.05, 4.69) is 10.6 Å². The first kappa shape index (κ1) is 22.4. The van der Waals surface area contributed by atoms with E-state index in [-0.39, 0.29) is 37.4 Å². The second-order valence-electron chi connectivity index (χ2n) is 7.92.